The van der Waals surface area contributed by atoms with Crippen molar-refractivity contribution in [3.8, 4) is 0 Å². The Morgan fingerprint density at radius 1 is 1.36 bits per heavy atom. The Balaban J connectivity index is 1.85. The number of aliphatic imine (C=N–C) groups is 3. The van der Waals surface area contributed by atoms with Gasteiger partial charge in [-0.15, -0.1) is 0 Å². The fraction of sp³-hybridized carbons (Fsp3) is 0.235. The molecule has 1 aliphatic carbocycles. The lowest BCUT2D eigenvalue weighted by atomic mass is 9.83. The average molecular weight is 405 g/mol. The molecule has 4 rings (SSSR count). The highest BCUT2D eigenvalue weighted by molar-refractivity contribution is 14.1. The number of nitrogens with zero attached hydrogens (tertiary/aromatic N) is 3. The third-order valence-electron chi connectivity index (χ3n) is 4.28. The Bertz CT molecular complexity index is 819. The lowest BCUT2D eigenvalue weighted by Crippen LogP contribution is -2.35. The lowest BCUT2D eigenvalue weighted by molar-refractivity contribution is 0.620. The van der Waals surface area contributed by atoms with E-state index in [1.54, 1.807) is 12.4 Å². The fourth-order valence-corrected chi connectivity index (χ4v) is 3.53. The number of allylic oxidation sites excluding steroid dienone is 2. The molecular formula is C17H13FIN3. The normalized spacial score (nSPS) is 28.1. The second-order valence-corrected chi connectivity index (χ2v) is 6.72. The van der Waals surface area contributed by atoms with Crippen LogP contribution in [0.1, 0.15) is 18.9 Å². The third kappa shape index (κ3) is 1.87. The van der Waals surface area contributed by atoms with Crippen LogP contribution < -0.4 is 0 Å². The number of hydrogen-bond donors (Lipinski definition) is 0. The van der Waals surface area contributed by atoms with E-state index < -0.39 is 5.54 Å². The van der Waals surface area contributed by atoms with Crippen molar-refractivity contribution in [3.63, 3.8) is 0 Å². The molecule has 22 heavy (non-hydrogen) atoms. The molecule has 2 aliphatic heterocycles. The Labute approximate surface area is 141 Å². The predicted octanol–water partition coefficient (Wildman–Crippen LogP) is 3.93. The summed E-state index contributed by atoms with van der Waals surface area (Å²) in [5.41, 5.74) is 2.89. The van der Waals surface area contributed by atoms with Gasteiger partial charge in [-0.25, -0.2) is 19.4 Å². The summed E-state index contributed by atoms with van der Waals surface area (Å²) in [4.78, 5) is 13.8. The van der Waals surface area contributed by atoms with Crippen LogP contribution in [0.25, 0.3) is 0 Å². The Morgan fingerprint density at radius 3 is 3.00 bits per heavy atom. The van der Waals surface area contributed by atoms with Crippen LogP contribution in [0.4, 0.5) is 4.39 Å². The van der Waals surface area contributed by atoms with Crippen LogP contribution in [0.5, 0.6) is 0 Å². The second kappa shape index (κ2) is 4.94. The van der Waals surface area contributed by atoms with E-state index in [-0.39, 0.29) is 5.82 Å². The zero-order valence-electron chi connectivity index (χ0n) is 11.9. The zero-order chi connectivity index (χ0) is 15.3. The minimum atomic E-state index is -0.555. The standard InChI is InChI=1S/C17H13FIN3/c1-2-10-5-6-17-14(7-10)22-15(16(17)20-9-21-17)11-3-4-12(18)13(19)8-11/h3-10H,2H2,1H3. The highest BCUT2D eigenvalue weighted by Gasteiger charge is 2.48. The van der Waals surface area contributed by atoms with Gasteiger partial charge in [-0.05, 0) is 59.2 Å². The van der Waals surface area contributed by atoms with Gasteiger partial charge < -0.3 is 0 Å². The summed E-state index contributed by atoms with van der Waals surface area (Å²) in [6.07, 6.45) is 9.08. The minimum Gasteiger partial charge on any atom is -0.250 e. The van der Waals surface area contributed by atoms with Gasteiger partial charge >= 0.3 is 0 Å². The molecule has 3 nitrogen and oxygen atoms in total. The Morgan fingerprint density at radius 2 is 2.23 bits per heavy atom. The molecule has 110 valence electrons. The van der Waals surface area contributed by atoms with Crippen LogP contribution in [0, 0.1) is 15.3 Å². The SMILES string of the molecule is CCC1C=CC23N=CN=C2C(c2ccc(F)c(I)c2)=NC3=C1. The monoisotopic (exact) mass is 405 g/mol. The molecule has 3 aliphatic rings. The van der Waals surface area contributed by atoms with Crippen LogP contribution in [0.15, 0.2) is 57.1 Å². The molecule has 2 heterocycles. The van der Waals surface area contributed by atoms with E-state index in [0.717, 1.165) is 29.1 Å². The van der Waals surface area contributed by atoms with Gasteiger partial charge in [0.25, 0.3) is 0 Å². The first-order chi connectivity index (χ1) is 10.6. The maximum absolute atomic E-state index is 13.5. The molecule has 2 unspecified atom stereocenters. The lowest BCUT2D eigenvalue weighted by Gasteiger charge is -2.24. The average Bonchev–Trinajstić information content (AvgIpc) is 3.05. The van der Waals surface area contributed by atoms with Crippen LogP contribution in [0.3, 0.4) is 0 Å². The number of benzene rings is 1. The molecule has 0 saturated heterocycles. The molecule has 1 aromatic rings. The summed E-state index contributed by atoms with van der Waals surface area (Å²) in [6.45, 7) is 2.15. The summed E-state index contributed by atoms with van der Waals surface area (Å²) in [7, 11) is 0. The summed E-state index contributed by atoms with van der Waals surface area (Å²) in [5.74, 6) is 0.166. The van der Waals surface area contributed by atoms with E-state index in [1.165, 1.54) is 6.07 Å². The van der Waals surface area contributed by atoms with Crippen molar-refractivity contribution in [3.05, 3.63) is 57.1 Å². The first-order valence-corrected chi connectivity index (χ1v) is 8.30. The van der Waals surface area contributed by atoms with E-state index in [0.29, 0.717) is 9.49 Å². The van der Waals surface area contributed by atoms with Gasteiger partial charge in [-0.3, -0.25) is 0 Å². The predicted molar refractivity (Wildman–Crippen MR) is 95.3 cm³/mol. The molecular weight excluding hydrogens is 392 g/mol. The highest BCUT2D eigenvalue weighted by Crippen LogP contribution is 2.41. The van der Waals surface area contributed by atoms with E-state index in [4.69, 9.17) is 4.99 Å². The van der Waals surface area contributed by atoms with Gasteiger partial charge in [0.15, 0.2) is 5.54 Å². The third-order valence-corrected chi connectivity index (χ3v) is 5.10. The van der Waals surface area contributed by atoms with Gasteiger partial charge in [0.1, 0.15) is 17.9 Å². The van der Waals surface area contributed by atoms with Crippen molar-refractivity contribution in [1.82, 2.24) is 0 Å². The summed E-state index contributed by atoms with van der Waals surface area (Å²) < 4.78 is 14.1. The number of hydrogen-bond acceptors (Lipinski definition) is 3. The van der Waals surface area contributed by atoms with Gasteiger partial charge in [0.2, 0.25) is 0 Å². The summed E-state index contributed by atoms with van der Waals surface area (Å²) in [5, 5.41) is 0. The van der Waals surface area contributed by atoms with Gasteiger partial charge in [-0.1, -0.05) is 19.1 Å². The molecule has 1 spiro atoms. The first kappa shape index (κ1) is 14.0. The quantitative estimate of drug-likeness (QED) is 0.528. The maximum atomic E-state index is 13.5. The molecule has 1 aromatic carbocycles. The summed E-state index contributed by atoms with van der Waals surface area (Å²) >= 11 is 2.00. The second-order valence-electron chi connectivity index (χ2n) is 5.56. The van der Waals surface area contributed by atoms with Crippen molar-refractivity contribution in [1.29, 1.82) is 0 Å². The first-order valence-electron chi connectivity index (χ1n) is 7.22. The van der Waals surface area contributed by atoms with Crippen LogP contribution in [0.2, 0.25) is 0 Å². The minimum absolute atomic E-state index is 0.218. The molecule has 5 heteroatoms. The summed E-state index contributed by atoms with van der Waals surface area (Å²) in [6, 6.07) is 5.04. The van der Waals surface area contributed by atoms with Gasteiger partial charge in [0.05, 0.1) is 11.4 Å². The molecule has 0 fully saturated rings. The van der Waals surface area contributed by atoms with Gasteiger partial charge in [-0.2, -0.15) is 0 Å². The van der Waals surface area contributed by atoms with Crippen LogP contribution in [-0.4, -0.2) is 23.3 Å². The number of rotatable bonds is 2. The molecule has 0 aromatic heterocycles. The van der Waals surface area contributed by atoms with E-state index in [9.17, 15) is 4.39 Å². The van der Waals surface area contributed by atoms with Crippen molar-refractivity contribution in [2.24, 2.45) is 20.9 Å². The van der Waals surface area contributed by atoms with E-state index >= 15 is 0 Å². The molecule has 0 amide bonds. The smallest absolute Gasteiger partial charge is 0.166 e. The largest absolute Gasteiger partial charge is 0.250 e. The zero-order valence-corrected chi connectivity index (χ0v) is 14.1. The van der Waals surface area contributed by atoms with E-state index in [2.05, 4.69) is 35.1 Å². The molecule has 0 saturated carbocycles. The molecule has 0 N–H and O–H groups in total. The maximum Gasteiger partial charge on any atom is 0.166 e. The van der Waals surface area contributed by atoms with E-state index in [1.807, 2.05) is 28.7 Å². The topological polar surface area (TPSA) is 37.1 Å². The van der Waals surface area contributed by atoms with Crippen LogP contribution in [-0.2, 0) is 0 Å². The van der Waals surface area contributed by atoms with Crippen molar-refractivity contribution in [2.45, 2.75) is 18.9 Å². The van der Waals surface area contributed by atoms with Crippen molar-refractivity contribution < 1.29 is 4.39 Å². The molecule has 0 bridgehead atoms. The van der Waals surface area contributed by atoms with Gasteiger partial charge in [0, 0.05) is 9.13 Å². The molecule has 0 radical (unpaired) electrons. The highest BCUT2D eigenvalue weighted by atomic mass is 127. The Kier molecular flexibility index (Phi) is 3.14. The molecule has 2 atom stereocenters. The number of halogens is 2. The fourth-order valence-electron chi connectivity index (χ4n) is 3.02. The van der Waals surface area contributed by atoms with Crippen molar-refractivity contribution >= 4 is 40.4 Å². The van der Waals surface area contributed by atoms with Crippen molar-refractivity contribution in [2.75, 3.05) is 0 Å². The Hall–Kier alpha value is -1.63. The van der Waals surface area contributed by atoms with Crippen LogP contribution >= 0.6 is 22.6 Å².